The Morgan fingerprint density at radius 1 is 1.52 bits per heavy atom. The van der Waals surface area contributed by atoms with Crippen LogP contribution in [0, 0.1) is 5.92 Å². The van der Waals surface area contributed by atoms with Crippen LogP contribution in [0.3, 0.4) is 0 Å². The fourth-order valence-electron chi connectivity index (χ4n) is 3.04. The van der Waals surface area contributed by atoms with Crippen molar-refractivity contribution in [2.45, 2.75) is 44.8 Å². The largest absolute Gasteiger partial charge is 0.376 e. The highest BCUT2D eigenvalue weighted by atomic mass is 16.5. The van der Waals surface area contributed by atoms with Gasteiger partial charge in [0.1, 0.15) is 0 Å². The molecule has 0 bridgehead atoms. The molecule has 2 aliphatic heterocycles. The van der Waals surface area contributed by atoms with Gasteiger partial charge in [0.05, 0.1) is 24.5 Å². The fourth-order valence-corrected chi connectivity index (χ4v) is 3.04. The molecule has 2 N–H and O–H groups in total. The molecular weight excluding hydrogens is 268 g/mol. The summed E-state index contributed by atoms with van der Waals surface area (Å²) in [6, 6.07) is 0. The van der Waals surface area contributed by atoms with Crippen LogP contribution < -0.4 is 10.6 Å². The van der Waals surface area contributed by atoms with E-state index in [1.54, 1.807) is 6.20 Å². The number of amides is 1. The minimum absolute atomic E-state index is 0.0820. The van der Waals surface area contributed by atoms with Gasteiger partial charge in [0.2, 0.25) is 5.91 Å². The van der Waals surface area contributed by atoms with Crippen LogP contribution in [-0.4, -0.2) is 41.5 Å². The molecule has 116 valence electrons. The highest BCUT2D eigenvalue weighted by Gasteiger charge is 2.17. The first-order valence-corrected chi connectivity index (χ1v) is 7.94. The van der Waals surface area contributed by atoms with Gasteiger partial charge in [-0.05, 0) is 44.7 Å². The summed E-state index contributed by atoms with van der Waals surface area (Å²) in [4.78, 5) is 11.9. The van der Waals surface area contributed by atoms with E-state index in [2.05, 4.69) is 15.7 Å². The van der Waals surface area contributed by atoms with Crippen LogP contribution in [0.4, 0.5) is 5.69 Å². The van der Waals surface area contributed by atoms with Crippen LogP contribution in [-0.2, 0) is 16.1 Å². The molecule has 6 nitrogen and oxygen atoms in total. The van der Waals surface area contributed by atoms with Gasteiger partial charge < -0.3 is 15.4 Å². The quantitative estimate of drug-likeness (QED) is 0.831. The summed E-state index contributed by atoms with van der Waals surface area (Å²) in [5.41, 5.74) is 0.780. The van der Waals surface area contributed by atoms with E-state index in [-0.39, 0.29) is 12.0 Å². The first-order chi connectivity index (χ1) is 10.3. The van der Waals surface area contributed by atoms with E-state index in [9.17, 15) is 4.79 Å². The molecule has 3 heterocycles. The minimum Gasteiger partial charge on any atom is -0.376 e. The molecule has 1 aromatic heterocycles. The van der Waals surface area contributed by atoms with Crippen molar-refractivity contribution in [3.63, 3.8) is 0 Å². The molecule has 2 fully saturated rings. The summed E-state index contributed by atoms with van der Waals surface area (Å²) in [5, 5.41) is 10.5. The van der Waals surface area contributed by atoms with Crippen LogP contribution in [0.2, 0.25) is 0 Å². The summed E-state index contributed by atoms with van der Waals surface area (Å²) < 4.78 is 7.44. The molecule has 1 amide bonds. The minimum atomic E-state index is 0.0820. The highest BCUT2D eigenvalue weighted by Crippen LogP contribution is 2.16. The van der Waals surface area contributed by atoms with Crippen molar-refractivity contribution in [2.75, 3.05) is 25.0 Å². The van der Waals surface area contributed by atoms with Gasteiger partial charge in [-0.2, -0.15) is 5.10 Å². The van der Waals surface area contributed by atoms with Gasteiger partial charge >= 0.3 is 0 Å². The van der Waals surface area contributed by atoms with E-state index >= 15 is 0 Å². The summed E-state index contributed by atoms with van der Waals surface area (Å²) in [7, 11) is 0. The summed E-state index contributed by atoms with van der Waals surface area (Å²) in [6.07, 6.45) is 8.82. The first-order valence-electron chi connectivity index (χ1n) is 7.94. The van der Waals surface area contributed by atoms with E-state index in [0.717, 1.165) is 51.2 Å². The van der Waals surface area contributed by atoms with Crippen molar-refractivity contribution in [3.8, 4) is 0 Å². The lowest BCUT2D eigenvalue weighted by Gasteiger charge is -2.09. The number of carbonyl (C=O) groups is 1. The lowest BCUT2D eigenvalue weighted by molar-refractivity contribution is -0.116. The standard InChI is InChI=1S/C15H24N4O2/c20-15(4-3-12-5-6-16-8-12)18-13-9-17-19(10-13)11-14-2-1-7-21-14/h9-10,12,14,16H,1-8,11H2,(H,18,20). The third kappa shape index (κ3) is 4.28. The van der Waals surface area contributed by atoms with Gasteiger partial charge in [-0.1, -0.05) is 0 Å². The zero-order chi connectivity index (χ0) is 14.5. The van der Waals surface area contributed by atoms with Gasteiger partial charge in [0, 0.05) is 19.2 Å². The van der Waals surface area contributed by atoms with Crippen molar-refractivity contribution in [1.82, 2.24) is 15.1 Å². The SMILES string of the molecule is O=C(CCC1CCNC1)Nc1cnn(CC2CCCO2)c1. The Balaban J connectivity index is 1.41. The molecule has 21 heavy (non-hydrogen) atoms. The van der Waals surface area contributed by atoms with Crippen molar-refractivity contribution < 1.29 is 9.53 Å². The average Bonchev–Trinajstić information content (AvgIpc) is 3.19. The van der Waals surface area contributed by atoms with E-state index < -0.39 is 0 Å². The lowest BCUT2D eigenvalue weighted by Crippen LogP contribution is -2.16. The van der Waals surface area contributed by atoms with Gasteiger partial charge in [-0.25, -0.2) is 0 Å². The Hall–Kier alpha value is -1.40. The third-order valence-corrected chi connectivity index (χ3v) is 4.27. The Morgan fingerprint density at radius 3 is 3.24 bits per heavy atom. The van der Waals surface area contributed by atoms with Crippen LogP contribution in [0.1, 0.15) is 32.1 Å². The van der Waals surface area contributed by atoms with Gasteiger partial charge in [-0.15, -0.1) is 0 Å². The monoisotopic (exact) mass is 292 g/mol. The number of anilines is 1. The molecule has 2 unspecified atom stereocenters. The average molecular weight is 292 g/mol. The number of aromatic nitrogens is 2. The van der Waals surface area contributed by atoms with Crippen molar-refractivity contribution in [1.29, 1.82) is 0 Å². The third-order valence-electron chi connectivity index (χ3n) is 4.27. The second-order valence-corrected chi connectivity index (χ2v) is 6.03. The zero-order valence-electron chi connectivity index (χ0n) is 12.4. The molecule has 2 atom stereocenters. The molecule has 1 aromatic rings. The number of carbonyl (C=O) groups excluding carboxylic acids is 1. The maximum absolute atomic E-state index is 11.9. The number of ether oxygens (including phenoxy) is 1. The normalized spacial score (nSPS) is 25.3. The first kappa shape index (κ1) is 14.5. The maximum atomic E-state index is 11.9. The van der Waals surface area contributed by atoms with E-state index in [1.807, 2.05) is 10.9 Å². The highest BCUT2D eigenvalue weighted by molar-refractivity contribution is 5.90. The molecule has 2 aliphatic rings. The number of hydrogen-bond acceptors (Lipinski definition) is 4. The molecule has 2 saturated heterocycles. The van der Waals surface area contributed by atoms with E-state index in [0.29, 0.717) is 12.3 Å². The van der Waals surface area contributed by atoms with Crippen LogP contribution in [0.5, 0.6) is 0 Å². The van der Waals surface area contributed by atoms with Gasteiger partial charge in [0.25, 0.3) is 0 Å². The second kappa shape index (κ2) is 7.04. The van der Waals surface area contributed by atoms with Crippen molar-refractivity contribution in [2.24, 2.45) is 5.92 Å². The summed E-state index contributed by atoms with van der Waals surface area (Å²) in [5.74, 6) is 0.733. The molecule has 0 radical (unpaired) electrons. The molecule has 0 spiro atoms. The van der Waals surface area contributed by atoms with E-state index in [4.69, 9.17) is 4.74 Å². The molecule has 0 saturated carbocycles. The predicted octanol–water partition coefficient (Wildman–Crippen LogP) is 1.39. The summed E-state index contributed by atoms with van der Waals surface area (Å²) in [6.45, 7) is 3.75. The molecule has 0 aromatic carbocycles. The predicted molar refractivity (Wildman–Crippen MR) is 80.0 cm³/mol. The number of nitrogens with zero attached hydrogens (tertiary/aromatic N) is 2. The zero-order valence-corrected chi connectivity index (χ0v) is 12.4. The Bertz CT molecular complexity index is 462. The second-order valence-electron chi connectivity index (χ2n) is 6.03. The Morgan fingerprint density at radius 2 is 2.48 bits per heavy atom. The number of rotatable bonds is 6. The molecular formula is C15H24N4O2. The topological polar surface area (TPSA) is 68.2 Å². The van der Waals surface area contributed by atoms with Crippen LogP contribution in [0.15, 0.2) is 12.4 Å². The van der Waals surface area contributed by atoms with Gasteiger partial charge in [0.15, 0.2) is 0 Å². The number of hydrogen-bond donors (Lipinski definition) is 2. The lowest BCUT2D eigenvalue weighted by atomic mass is 10.0. The Labute approximate surface area is 125 Å². The fraction of sp³-hybridized carbons (Fsp3) is 0.733. The smallest absolute Gasteiger partial charge is 0.224 e. The number of nitrogens with one attached hydrogen (secondary N) is 2. The van der Waals surface area contributed by atoms with Gasteiger partial charge in [-0.3, -0.25) is 9.48 Å². The maximum Gasteiger partial charge on any atom is 0.224 e. The molecule has 6 heteroatoms. The van der Waals surface area contributed by atoms with Crippen molar-refractivity contribution >= 4 is 11.6 Å². The molecule has 3 rings (SSSR count). The van der Waals surface area contributed by atoms with Crippen LogP contribution >= 0.6 is 0 Å². The van der Waals surface area contributed by atoms with Crippen molar-refractivity contribution in [3.05, 3.63) is 12.4 Å². The molecule has 0 aliphatic carbocycles. The van der Waals surface area contributed by atoms with Crippen LogP contribution in [0.25, 0.3) is 0 Å². The van der Waals surface area contributed by atoms with E-state index in [1.165, 1.54) is 6.42 Å². The summed E-state index contributed by atoms with van der Waals surface area (Å²) >= 11 is 0. The Kier molecular flexibility index (Phi) is 4.87.